The second kappa shape index (κ2) is 10.4. The Morgan fingerprint density at radius 3 is 2.31 bits per heavy atom. The van der Waals surface area contributed by atoms with E-state index < -0.39 is 0 Å². The van der Waals surface area contributed by atoms with Gasteiger partial charge in [0.25, 0.3) is 0 Å². The second-order valence-corrected chi connectivity index (χ2v) is 4.84. The molecule has 2 nitrogen and oxygen atoms in total. The Hall–Kier alpha value is 0.210. The molecule has 3 heteroatoms. The third kappa shape index (κ3) is 6.72. The highest BCUT2D eigenvalue weighted by molar-refractivity contribution is 5.85. The fraction of sp³-hybridized carbons (Fsp3) is 1.00. The fourth-order valence-corrected chi connectivity index (χ4v) is 2.50. The highest BCUT2D eigenvalue weighted by Gasteiger charge is 2.13. The van der Waals surface area contributed by atoms with Crippen LogP contribution in [0.4, 0.5) is 0 Å². The van der Waals surface area contributed by atoms with Crippen molar-refractivity contribution in [2.24, 2.45) is 5.92 Å². The summed E-state index contributed by atoms with van der Waals surface area (Å²) in [6.07, 6.45) is 6.81. The zero-order valence-corrected chi connectivity index (χ0v) is 11.8. The topological polar surface area (TPSA) is 15.3 Å². The molecule has 0 aliphatic carbocycles. The molecular formula is C13H29ClN2. The Kier molecular flexibility index (Phi) is 10.5. The van der Waals surface area contributed by atoms with Crippen molar-refractivity contribution in [3.63, 3.8) is 0 Å². The van der Waals surface area contributed by atoms with Gasteiger partial charge in [0.05, 0.1) is 0 Å². The monoisotopic (exact) mass is 248 g/mol. The predicted octanol–water partition coefficient (Wildman–Crippen LogP) is 2.92. The van der Waals surface area contributed by atoms with Crippen LogP contribution >= 0.6 is 12.4 Å². The van der Waals surface area contributed by atoms with E-state index in [4.69, 9.17) is 0 Å². The molecule has 1 unspecified atom stereocenters. The van der Waals surface area contributed by atoms with Crippen molar-refractivity contribution in [3.05, 3.63) is 0 Å². The number of piperidine rings is 1. The van der Waals surface area contributed by atoms with E-state index >= 15 is 0 Å². The molecule has 0 aromatic carbocycles. The minimum Gasteiger partial charge on any atom is -0.316 e. The average molecular weight is 249 g/mol. The van der Waals surface area contributed by atoms with E-state index in [0.29, 0.717) is 0 Å². The molecule has 0 aromatic rings. The highest BCUT2D eigenvalue weighted by atomic mass is 35.5. The van der Waals surface area contributed by atoms with E-state index in [0.717, 1.165) is 5.92 Å². The summed E-state index contributed by atoms with van der Waals surface area (Å²) in [5.74, 6) is 0.940. The predicted molar refractivity (Wildman–Crippen MR) is 74.5 cm³/mol. The van der Waals surface area contributed by atoms with Gasteiger partial charge in [-0.2, -0.15) is 0 Å². The van der Waals surface area contributed by atoms with Crippen molar-refractivity contribution in [2.45, 2.75) is 46.0 Å². The van der Waals surface area contributed by atoms with Crippen molar-refractivity contribution in [3.8, 4) is 0 Å². The van der Waals surface area contributed by atoms with Gasteiger partial charge in [-0.15, -0.1) is 12.4 Å². The number of nitrogens with one attached hydrogen (secondary N) is 1. The summed E-state index contributed by atoms with van der Waals surface area (Å²) >= 11 is 0. The van der Waals surface area contributed by atoms with Gasteiger partial charge < -0.3 is 10.2 Å². The maximum absolute atomic E-state index is 3.50. The van der Waals surface area contributed by atoms with Gasteiger partial charge >= 0.3 is 0 Å². The molecule has 1 aliphatic rings. The minimum absolute atomic E-state index is 0. The number of halogens is 1. The van der Waals surface area contributed by atoms with E-state index in [1.807, 2.05) is 0 Å². The SMILES string of the molecule is CCCN(CCC)CCC1CCCNC1.Cl. The van der Waals surface area contributed by atoms with Gasteiger partial charge in [-0.1, -0.05) is 13.8 Å². The van der Waals surface area contributed by atoms with Crippen LogP contribution < -0.4 is 5.32 Å². The molecule has 1 heterocycles. The smallest absolute Gasteiger partial charge is 0.00156 e. The molecule has 98 valence electrons. The summed E-state index contributed by atoms with van der Waals surface area (Å²) in [4.78, 5) is 2.63. The Labute approximate surface area is 108 Å². The zero-order chi connectivity index (χ0) is 10.9. The van der Waals surface area contributed by atoms with Crippen LogP contribution in [-0.4, -0.2) is 37.6 Å². The lowest BCUT2D eigenvalue weighted by molar-refractivity contribution is 0.237. The lowest BCUT2D eigenvalue weighted by Gasteiger charge is -2.27. The molecule has 1 rings (SSSR count). The molecule has 0 bridgehead atoms. The molecule has 16 heavy (non-hydrogen) atoms. The van der Waals surface area contributed by atoms with Crippen LogP contribution in [0.5, 0.6) is 0 Å². The second-order valence-electron chi connectivity index (χ2n) is 4.84. The van der Waals surface area contributed by atoms with Crippen LogP contribution in [-0.2, 0) is 0 Å². The van der Waals surface area contributed by atoms with E-state index in [9.17, 15) is 0 Å². The van der Waals surface area contributed by atoms with Crippen LogP contribution in [0.15, 0.2) is 0 Å². The summed E-state index contributed by atoms with van der Waals surface area (Å²) in [5.41, 5.74) is 0. The quantitative estimate of drug-likeness (QED) is 0.746. The third-order valence-electron chi connectivity index (χ3n) is 3.33. The van der Waals surface area contributed by atoms with Gasteiger partial charge in [0.15, 0.2) is 0 Å². The number of hydrogen-bond donors (Lipinski definition) is 1. The first-order valence-corrected chi connectivity index (χ1v) is 6.79. The van der Waals surface area contributed by atoms with E-state index in [2.05, 4.69) is 24.1 Å². The Bertz CT molecular complexity index is 141. The van der Waals surface area contributed by atoms with Gasteiger partial charge in [0.2, 0.25) is 0 Å². The van der Waals surface area contributed by atoms with Crippen molar-refractivity contribution < 1.29 is 0 Å². The normalized spacial score (nSPS) is 20.8. The fourth-order valence-electron chi connectivity index (χ4n) is 2.50. The molecular weight excluding hydrogens is 220 g/mol. The van der Waals surface area contributed by atoms with Crippen molar-refractivity contribution in [2.75, 3.05) is 32.7 Å². The molecule has 0 saturated carbocycles. The summed E-state index contributed by atoms with van der Waals surface area (Å²) in [6.45, 7) is 10.9. The Balaban J connectivity index is 0.00000225. The highest BCUT2D eigenvalue weighted by Crippen LogP contribution is 2.14. The summed E-state index contributed by atoms with van der Waals surface area (Å²) in [5, 5.41) is 3.50. The lowest BCUT2D eigenvalue weighted by Crippen LogP contribution is -2.33. The first-order chi connectivity index (χ1) is 7.36. The molecule has 1 atom stereocenters. The molecule has 1 N–H and O–H groups in total. The number of hydrogen-bond acceptors (Lipinski definition) is 2. The summed E-state index contributed by atoms with van der Waals surface area (Å²) in [6, 6.07) is 0. The largest absolute Gasteiger partial charge is 0.316 e. The molecule has 0 amide bonds. The van der Waals surface area contributed by atoms with Gasteiger partial charge in [0, 0.05) is 0 Å². The van der Waals surface area contributed by atoms with Crippen LogP contribution in [0.25, 0.3) is 0 Å². The van der Waals surface area contributed by atoms with Crippen LogP contribution in [0, 0.1) is 5.92 Å². The van der Waals surface area contributed by atoms with E-state index in [1.165, 1.54) is 64.8 Å². The third-order valence-corrected chi connectivity index (χ3v) is 3.33. The van der Waals surface area contributed by atoms with Gasteiger partial charge in [0.1, 0.15) is 0 Å². The zero-order valence-electron chi connectivity index (χ0n) is 11.0. The molecule has 0 aromatic heterocycles. The molecule has 1 fully saturated rings. The summed E-state index contributed by atoms with van der Waals surface area (Å²) in [7, 11) is 0. The number of rotatable bonds is 7. The molecule has 0 spiro atoms. The Morgan fingerprint density at radius 2 is 1.81 bits per heavy atom. The van der Waals surface area contributed by atoms with Crippen molar-refractivity contribution >= 4 is 12.4 Å². The van der Waals surface area contributed by atoms with Gasteiger partial charge in [-0.05, 0) is 70.7 Å². The van der Waals surface area contributed by atoms with Crippen LogP contribution in [0.1, 0.15) is 46.0 Å². The minimum atomic E-state index is 0. The van der Waals surface area contributed by atoms with Crippen LogP contribution in [0.3, 0.4) is 0 Å². The molecule has 0 radical (unpaired) electrons. The van der Waals surface area contributed by atoms with E-state index in [-0.39, 0.29) is 12.4 Å². The van der Waals surface area contributed by atoms with Gasteiger partial charge in [-0.25, -0.2) is 0 Å². The molecule has 1 saturated heterocycles. The Morgan fingerprint density at radius 1 is 1.12 bits per heavy atom. The van der Waals surface area contributed by atoms with Crippen molar-refractivity contribution in [1.29, 1.82) is 0 Å². The number of nitrogens with zero attached hydrogens (tertiary/aromatic N) is 1. The van der Waals surface area contributed by atoms with Crippen LogP contribution in [0.2, 0.25) is 0 Å². The van der Waals surface area contributed by atoms with E-state index in [1.54, 1.807) is 0 Å². The van der Waals surface area contributed by atoms with Gasteiger partial charge in [-0.3, -0.25) is 0 Å². The maximum Gasteiger partial charge on any atom is -0.00156 e. The maximum atomic E-state index is 3.50. The first kappa shape index (κ1) is 16.2. The summed E-state index contributed by atoms with van der Waals surface area (Å²) < 4.78 is 0. The standard InChI is InChI=1S/C13H28N2.ClH/c1-3-9-15(10-4-2)11-7-13-6-5-8-14-12-13;/h13-14H,3-12H2,1-2H3;1H. The first-order valence-electron chi connectivity index (χ1n) is 6.79. The lowest BCUT2D eigenvalue weighted by atomic mass is 9.96. The average Bonchev–Trinajstić information content (AvgIpc) is 2.28. The van der Waals surface area contributed by atoms with Crippen molar-refractivity contribution in [1.82, 2.24) is 10.2 Å². The molecule has 1 aliphatic heterocycles.